The van der Waals surface area contributed by atoms with Crippen molar-refractivity contribution < 1.29 is 39.5 Å². The largest absolute Gasteiger partial charge is 0.460 e. The van der Waals surface area contributed by atoms with Crippen molar-refractivity contribution in [3.63, 3.8) is 0 Å². The quantitative estimate of drug-likeness (QED) is 0.451. The molecule has 0 heterocycles. The first kappa shape index (κ1) is 17.8. The standard InChI is InChI=1S/C8H6F9I/c1-2-4(18)3-5(9,10)6(11,12)7(13,14)8(15,16)17/h3H,2H2,1H3. The summed E-state index contributed by atoms with van der Waals surface area (Å²) in [4.78, 5) is 0. The number of hydrogen-bond donors (Lipinski definition) is 0. The van der Waals surface area contributed by atoms with Crippen LogP contribution >= 0.6 is 22.6 Å². The summed E-state index contributed by atoms with van der Waals surface area (Å²) in [5, 5.41) is 0. The Bertz CT molecular complexity index is 328. The van der Waals surface area contributed by atoms with Crippen molar-refractivity contribution in [3.05, 3.63) is 9.66 Å². The van der Waals surface area contributed by atoms with Crippen LogP contribution in [0.25, 0.3) is 0 Å². The highest BCUT2D eigenvalue weighted by molar-refractivity contribution is 14.1. The van der Waals surface area contributed by atoms with Crippen LogP contribution in [0.3, 0.4) is 0 Å². The maximum atomic E-state index is 12.9. The molecule has 0 aliphatic carbocycles. The van der Waals surface area contributed by atoms with Crippen molar-refractivity contribution in [1.82, 2.24) is 0 Å². The molecule has 0 unspecified atom stereocenters. The number of halogens is 10. The first-order valence-electron chi connectivity index (χ1n) is 4.28. The van der Waals surface area contributed by atoms with Crippen molar-refractivity contribution in [1.29, 1.82) is 0 Å². The molecule has 0 aromatic rings. The Morgan fingerprint density at radius 2 is 1.28 bits per heavy atom. The molecule has 0 aliphatic heterocycles. The van der Waals surface area contributed by atoms with Crippen LogP contribution in [0.4, 0.5) is 39.5 Å². The number of alkyl halides is 9. The molecule has 0 spiro atoms. The molecule has 0 rings (SSSR count). The minimum absolute atomic E-state index is 0.205. The molecule has 18 heavy (non-hydrogen) atoms. The van der Waals surface area contributed by atoms with Gasteiger partial charge < -0.3 is 0 Å². The molecule has 0 N–H and O–H groups in total. The summed E-state index contributed by atoms with van der Waals surface area (Å²) in [6, 6.07) is 0. The highest BCUT2D eigenvalue weighted by atomic mass is 127. The topological polar surface area (TPSA) is 0 Å². The van der Waals surface area contributed by atoms with E-state index in [1.165, 1.54) is 6.92 Å². The lowest BCUT2D eigenvalue weighted by Crippen LogP contribution is -2.60. The summed E-state index contributed by atoms with van der Waals surface area (Å²) in [6.45, 7) is 1.24. The van der Waals surface area contributed by atoms with Crippen LogP contribution in [0.1, 0.15) is 13.3 Å². The first-order chi connectivity index (χ1) is 7.70. The minimum Gasteiger partial charge on any atom is -0.195 e. The Kier molecular flexibility index (Phi) is 5.03. The van der Waals surface area contributed by atoms with Crippen LogP contribution in [0, 0.1) is 0 Å². The van der Waals surface area contributed by atoms with Gasteiger partial charge in [-0.2, -0.15) is 39.5 Å². The molecule has 0 saturated heterocycles. The smallest absolute Gasteiger partial charge is 0.195 e. The van der Waals surface area contributed by atoms with E-state index in [0.29, 0.717) is 0 Å². The lowest BCUT2D eigenvalue weighted by atomic mass is 10.0. The predicted molar refractivity (Wildman–Crippen MR) is 53.3 cm³/mol. The first-order valence-corrected chi connectivity index (χ1v) is 5.36. The third kappa shape index (κ3) is 3.05. The van der Waals surface area contributed by atoms with E-state index >= 15 is 0 Å². The van der Waals surface area contributed by atoms with Crippen LogP contribution < -0.4 is 0 Å². The molecular weight excluding hydrogens is 394 g/mol. The molecule has 0 aromatic carbocycles. The number of allylic oxidation sites excluding steroid dienone is 2. The molecule has 0 saturated carbocycles. The molecule has 0 radical (unpaired) electrons. The fourth-order valence-corrected chi connectivity index (χ4v) is 1.17. The van der Waals surface area contributed by atoms with E-state index in [-0.39, 0.29) is 6.42 Å². The molecule has 0 nitrogen and oxygen atoms in total. The second-order valence-electron chi connectivity index (χ2n) is 3.21. The van der Waals surface area contributed by atoms with Gasteiger partial charge in [-0.1, -0.05) is 6.92 Å². The molecule has 0 fully saturated rings. The Morgan fingerprint density at radius 3 is 1.56 bits per heavy atom. The van der Waals surface area contributed by atoms with Gasteiger partial charge >= 0.3 is 23.9 Å². The molecule has 108 valence electrons. The van der Waals surface area contributed by atoms with Crippen molar-refractivity contribution in [2.45, 2.75) is 37.3 Å². The Morgan fingerprint density at radius 1 is 0.889 bits per heavy atom. The van der Waals surface area contributed by atoms with Gasteiger partial charge in [0.1, 0.15) is 0 Å². The second kappa shape index (κ2) is 5.08. The zero-order valence-corrected chi connectivity index (χ0v) is 10.7. The summed E-state index contributed by atoms with van der Waals surface area (Å²) < 4.78 is 110. The van der Waals surface area contributed by atoms with Crippen molar-refractivity contribution in [3.8, 4) is 0 Å². The molecule has 0 amide bonds. The van der Waals surface area contributed by atoms with Gasteiger partial charge in [0.05, 0.1) is 0 Å². The van der Waals surface area contributed by atoms with E-state index < -0.39 is 33.6 Å². The van der Waals surface area contributed by atoms with E-state index in [1.54, 1.807) is 0 Å². The van der Waals surface area contributed by atoms with Gasteiger partial charge in [-0.25, -0.2) is 0 Å². The fraction of sp³-hybridized carbons (Fsp3) is 0.750. The Hall–Kier alpha value is -0.160. The van der Waals surface area contributed by atoms with E-state index in [0.717, 1.165) is 22.6 Å². The van der Waals surface area contributed by atoms with Crippen LogP contribution in [0.2, 0.25) is 0 Å². The molecule has 0 aliphatic rings. The molecule has 0 bridgehead atoms. The summed E-state index contributed by atoms with van der Waals surface area (Å²) in [6.07, 6.45) is -7.57. The Labute approximate surface area is 109 Å². The van der Waals surface area contributed by atoms with Crippen LogP contribution in [0.15, 0.2) is 9.66 Å². The van der Waals surface area contributed by atoms with Crippen LogP contribution in [-0.4, -0.2) is 23.9 Å². The van der Waals surface area contributed by atoms with Gasteiger partial charge in [-0.3, -0.25) is 0 Å². The Balaban J connectivity index is 5.64. The molecule has 0 atom stereocenters. The van der Waals surface area contributed by atoms with Crippen LogP contribution in [-0.2, 0) is 0 Å². The van der Waals surface area contributed by atoms with E-state index in [4.69, 9.17) is 0 Å². The second-order valence-corrected chi connectivity index (χ2v) is 4.60. The van der Waals surface area contributed by atoms with Gasteiger partial charge in [0.25, 0.3) is 0 Å². The van der Waals surface area contributed by atoms with Gasteiger partial charge in [0.15, 0.2) is 0 Å². The molecule has 0 aromatic heterocycles. The summed E-state index contributed by atoms with van der Waals surface area (Å²) in [5.74, 6) is -19.0. The van der Waals surface area contributed by atoms with Crippen molar-refractivity contribution in [2.75, 3.05) is 0 Å². The maximum Gasteiger partial charge on any atom is 0.460 e. The van der Waals surface area contributed by atoms with Crippen molar-refractivity contribution >= 4 is 22.6 Å². The monoisotopic (exact) mass is 400 g/mol. The van der Waals surface area contributed by atoms with Gasteiger partial charge in [-0.15, -0.1) is 0 Å². The van der Waals surface area contributed by atoms with E-state index in [1.807, 2.05) is 0 Å². The normalized spacial score (nSPS) is 16.1. The highest BCUT2D eigenvalue weighted by Crippen LogP contribution is 2.53. The maximum absolute atomic E-state index is 12.9. The van der Waals surface area contributed by atoms with Gasteiger partial charge in [-0.05, 0) is 32.6 Å². The average molecular weight is 400 g/mol. The minimum atomic E-state index is -6.83. The predicted octanol–water partition coefficient (Wildman–Crippen LogP) is 5.18. The zero-order chi connectivity index (χ0) is 15.0. The van der Waals surface area contributed by atoms with Gasteiger partial charge in [0, 0.05) is 6.08 Å². The third-order valence-corrected chi connectivity index (χ3v) is 2.92. The lowest BCUT2D eigenvalue weighted by molar-refractivity contribution is -0.388. The fourth-order valence-electron chi connectivity index (χ4n) is 0.777. The van der Waals surface area contributed by atoms with Crippen LogP contribution in [0.5, 0.6) is 0 Å². The summed E-state index contributed by atoms with van der Waals surface area (Å²) in [7, 11) is 0. The number of hydrogen-bond acceptors (Lipinski definition) is 0. The van der Waals surface area contributed by atoms with E-state index in [2.05, 4.69) is 0 Å². The van der Waals surface area contributed by atoms with E-state index in [9.17, 15) is 39.5 Å². The zero-order valence-electron chi connectivity index (χ0n) is 8.56. The van der Waals surface area contributed by atoms with Gasteiger partial charge in [0.2, 0.25) is 0 Å². The number of rotatable bonds is 4. The molecular formula is C8H6F9I. The lowest BCUT2D eigenvalue weighted by Gasteiger charge is -2.32. The summed E-state index contributed by atoms with van der Waals surface area (Å²) >= 11 is 1.14. The highest BCUT2D eigenvalue weighted by Gasteiger charge is 2.81. The SMILES string of the molecule is CCC(I)=CC(F)(F)C(F)(F)C(F)(F)C(F)(F)F. The van der Waals surface area contributed by atoms with Crippen molar-refractivity contribution in [2.24, 2.45) is 0 Å². The third-order valence-electron chi connectivity index (χ3n) is 1.84. The summed E-state index contributed by atoms with van der Waals surface area (Å²) in [5.41, 5.74) is 0. The average Bonchev–Trinajstić information content (AvgIpc) is 2.14. The molecule has 10 heteroatoms.